The highest BCUT2D eigenvalue weighted by atomic mass is 16.5. The van der Waals surface area contributed by atoms with Crippen molar-refractivity contribution in [1.82, 2.24) is 15.0 Å². The van der Waals surface area contributed by atoms with Crippen LogP contribution >= 0.6 is 0 Å². The number of nitrogen functional groups attached to an aromatic ring is 2. The van der Waals surface area contributed by atoms with Gasteiger partial charge in [0.05, 0.1) is 25.3 Å². The van der Waals surface area contributed by atoms with E-state index in [0.717, 1.165) is 22.7 Å². The first-order valence-electron chi connectivity index (χ1n) is 7.24. The molecule has 0 aliphatic rings. The zero-order valence-electron chi connectivity index (χ0n) is 13.4. The van der Waals surface area contributed by atoms with Crippen molar-refractivity contribution >= 4 is 28.5 Å². The Morgan fingerprint density at radius 2 is 1.92 bits per heavy atom. The van der Waals surface area contributed by atoms with E-state index in [4.69, 9.17) is 20.9 Å². The van der Waals surface area contributed by atoms with E-state index in [0.29, 0.717) is 23.4 Å². The van der Waals surface area contributed by atoms with Crippen LogP contribution in [0.5, 0.6) is 11.5 Å². The molecule has 0 fully saturated rings. The maximum Gasteiger partial charge on any atom is 0.224 e. The minimum absolute atomic E-state index is 0.111. The molecule has 3 aromatic rings. The fraction of sp³-hybridized carbons (Fsp3) is 0.188. The smallest absolute Gasteiger partial charge is 0.224 e. The summed E-state index contributed by atoms with van der Waals surface area (Å²) in [5, 5.41) is 3.97. The number of nitrogens with two attached hydrogens (primary N) is 2. The second-order valence-corrected chi connectivity index (χ2v) is 5.10. The zero-order valence-corrected chi connectivity index (χ0v) is 13.4. The van der Waals surface area contributed by atoms with Crippen LogP contribution in [-0.4, -0.2) is 29.2 Å². The molecular weight excluding hydrogens is 308 g/mol. The molecule has 0 aliphatic heterocycles. The second-order valence-electron chi connectivity index (χ2n) is 5.10. The van der Waals surface area contributed by atoms with Gasteiger partial charge in [-0.25, -0.2) is 4.98 Å². The van der Waals surface area contributed by atoms with Crippen molar-refractivity contribution in [3.05, 3.63) is 36.0 Å². The Bertz CT molecular complexity index is 884. The van der Waals surface area contributed by atoms with Crippen LogP contribution in [-0.2, 0) is 6.54 Å². The van der Waals surface area contributed by atoms with Crippen LogP contribution in [0.4, 0.5) is 17.5 Å². The van der Waals surface area contributed by atoms with Gasteiger partial charge in [0, 0.05) is 18.8 Å². The Balaban J connectivity index is 1.86. The predicted octanol–water partition coefficient (Wildman–Crippen LogP) is 1.82. The summed E-state index contributed by atoms with van der Waals surface area (Å²) in [6.45, 7) is 0.524. The summed E-state index contributed by atoms with van der Waals surface area (Å²) in [7, 11) is 3.24. The van der Waals surface area contributed by atoms with E-state index in [2.05, 4.69) is 20.3 Å². The van der Waals surface area contributed by atoms with E-state index in [1.165, 1.54) is 0 Å². The summed E-state index contributed by atoms with van der Waals surface area (Å²) in [6.07, 6.45) is 1.72. The van der Waals surface area contributed by atoms with Crippen molar-refractivity contribution in [3.63, 3.8) is 0 Å². The van der Waals surface area contributed by atoms with Gasteiger partial charge < -0.3 is 26.3 Å². The number of benzene rings is 1. The Hall–Kier alpha value is -3.29. The molecule has 0 amide bonds. The van der Waals surface area contributed by atoms with Crippen molar-refractivity contribution in [2.24, 2.45) is 0 Å². The van der Waals surface area contributed by atoms with Gasteiger partial charge in [0.15, 0.2) is 5.65 Å². The molecule has 0 unspecified atom stereocenters. The molecule has 0 saturated carbocycles. The number of fused-ring (bicyclic) bond motifs is 1. The monoisotopic (exact) mass is 326 g/mol. The molecule has 0 saturated heterocycles. The molecule has 2 aromatic heterocycles. The van der Waals surface area contributed by atoms with Gasteiger partial charge >= 0.3 is 0 Å². The first-order valence-corrected chi connectivity index (χ1v) is 7.24. The zero-order chi connectivity index (χ0) is 17.1. The van der Waals surface area contributed by atoms with Gasteiger partial charge in [0.25, 0.3) is 0 Å². The average Bonchev–Trinajstić information content (AvgIpc) is 2.59. The van der Waals surface area contributed by atoms with E-state index in [-0.39, 0.29) is 5.95 Å². The maximum atomic E-state index is 5.89. The lowest BCUT2D eigenvalue weighted by Gasteiger charge is -2.13. The summed E-state index contributed by atoms with van der Waals surface area (Å²) in [5.74, 6) is 1.88. The van der Waals surface area contributed by atoms with Gasteiger partial charge in [-0.15, -0.1) is 0 Å². The van der Waals surface area contributed by atoms with E-state index in [1.807, 2.05) is 24.3 Å². The molecule has 0 atom stereocenters. The minimum atomic E-state index is 0.111. The van der Waals surface area contributed by atoms with Crippen LogP contribution in [0.2, 0.25) is 0 Å². The van der Waals surface area contributed by atoms with Gasteiger partial charge in [-0.1, -0.05) is 0 Å². The summed E-state index contributed by atoms with van der Waals surface area (Å²) in [5.41, 5.74) is 13.7. The molecule has 0 radical (unpaired) electrons. The molecule has 3 rings (SSSR count). The average molecular weight is 326 g/mol. The number of anilines is 3. The van der Waals surface area contributed by atoms with E-state index >= 15 is 0 Å². The predicted molar refractivity (Wildman–Crippen MR) is 93.0 cm³/mol. The van der Waals surface area contributed by atoms with Crippen molar-refractivity contribution in [1.29, 1.82) is 0 Å². The van der Waals surface area contributed by atoms with Crippen LogP contribution in [0, 0.1) is 0 Å². The fourth-order valence-corrected chi connectivity index (χ4v) is 2.34. The van der Waals surface area contributed by atoms with E-state index < -0.39 is 0 Å². The van der Waals surface area contributed by atoms with Crippen molar-refractivity contribution in [2.75, 3.05) is 31.0 Å². The highest BCUT2D eigenvalue weighted by molar-refractivity contribution is 5.86. The number of nitrogens with zero attached hydrogens (tertiary/aromatic N) is 3. The molecule has 24 heavy (non-hydrogen) atoms. The Labute approximate surface area is 138 Å². The van der Waals surface area contributed by atoms with Crippen LogP contribution in [0.25, 0.3) is 11.0 Å². The van der Waals surface area contributed by atoms with Crippen molar-refractivity contribution < 1.29 is 9.47 Å². The molecule has 0 spiro atoms. The molecule has 1 aromatic carbocycles. The maximum absolute atomic E-state index is 5.89. The molecule has 5 N–H and O–H groups in total. The SMILES string of the molecule is COc1ccc(OC)c(NCc2cnc3nc(N)nc(N)c3c2)c1. The van der Waals surface area contributed by atoms with Gasteiger partial charge in [0.1, 0.15) is 17.3 Å². The number of methoxy groups -OCH3 is 2. The molecule has 8 nitrogen and oxygen atoms in total. The van der Waals surface area contributed by atoms with Gasteiger partial charge in [0.2, 0.25) is 5.95 Å². The van der Waals surface area contributed by atoms with Gasteiger partial charge in [-0.3, -0.25) is 0 Å². The summed E-state index contributed by atoms with van der Waals surface area (Å²) in [6, 6.07) is 7.43. The summed E-state index contributed by atoms with van der Waals surface area (Å²) < 4.78 is 10.6. The largest absolute Gasteiger partial charge is 0.497 e. The van der Waals surface area contributed by atoms with Gasteiger partial charge in [-0.2, -0.15) is 9.97 Å². The first-order chi connectivity index (χ1) is 11.6. The molecular formula is C16H18N6O2. The summed E-state index contributed by atoms with van der Waals surface area (Å²) in [4.78, 5) is 12.3. The number of rotatable bonds is 5. The molecule has 0 bridgehead atoms. The third-order valence-corrected chi connectivity index (χ3v) is 3.54. The fourth-order valence-electron chi connectivity index (χ4n) is 2.34. The van der Waals surface area contributed by atoms with Crippen LogP contribution in [0.1, 0.15) is 5.56 Å². The molecule has 8 heteroatoms. The summed E-state index contributed by atoms with van der Waals surface area (Å²) >= 11 is 0. The number of nitrogens with one attached hydrogen (secondary N) is 1. The Morgan fingerprint density at radius 3 is 2.67 bits per heavy atom. The van der Waals surface area contributed by atoms with E-state index in [1.54, 1.807) is 20.4 Å². The quantitative estimate of drug-likeness (QED) is 0.649. The highest BCUT2D eigenvalue weighted by Crippen LogP contribution is 2.29. The topological polar surface area (TPSA) is 121 Å². The first kappa shape index (κ1) is 15.6. The normalized spacial score (nSPS) is 10.6. The molecule has 0 aliphatic carbocycles. The standard InChI is InChI=1S/C16H18N6O2/c1-23-10-3-4-13(24-2)12(6-10)19-7-9-5-11-14(17)21-16(18)22-15(11)20-8-9/h3-6,8,19H,7H2,1-2H3,(H4,17,18,20,21,22). The number of ether oxygens (including phenoxy) is 2. The van der Waals surface area contributed by atoms with Crippen molar-refractivity contribution in [2.45, 2.75) is 6.54 Å². The number of hydrogen-bond donors (Lipinski definition) is 3. The van der Waals surface area contributed by atoms with Gasteiger partial charge in [-0.05, 0) is 23.8 Å². The molecule has 2 heterocycles. The number of hydrogen-bond acceptors (Lipinski definition) is 8. The number of pyridine rings is 1. The van der Waals surface area contributed by atoms with Crippen molar-refractivity contribution in [3.8, 4) is 11.5 Å². The number of aromatic nitrogens is 3. The van der Waals surface area contributed by atoms with Crippen LogP contribution in [0.3, 0.4) is 0 Å². The van der Waals surface area contributed by atoms with Crippen LogP contribution < -0.4 is 26.3 Å². The minimum Gasteiger partial charge on any atom is -0.497 e. The lowest BCUT2D eigenvalue weighted by Crippen LogP contribution is -2.05. The highest BCUT2D eigenvalue weighted by Gasteiger charge is 2.08. The lowest BCUT2D eigenvalue weighted by atomic mass is 10.2. The van der Waals surface area contributed by atoms with E-state index in [9.17, 15) is 0 Å². The Kier molecular flexibility index (Phi) is 4.19. The molecule has 124 valence electrons. The lowest BCUT2D eigenvalue weighted by molar-refractivity contribution is 0.404. The Morgan fingerprint density at radius 1 is 1.08 bits per heavy atom. The third-order valence-electron chi connectivity index (χ3n) is 3.54. The van der Waals surface area contributed by atoms with Crippen LogP contribution in [0.15, 0.2) is 30.5 Å². The third kappa shape index (κ3) is 3.07. The second kappa shape index (κ2) is 6.45.